The van der Waals surface area contributed by atoms with E-state index in [-0.39, 0.29) is 24.5 Å². The average molecular weight is 272 g/mol. The molecule has 0 heterocycles. The van der Waals surface area contributed by atoms with Crippen LogP contribution in [0.1, 0.15) is 51.9 Å². The summed E-state index contributed by atoms with van der Waals surface area (Å²) in [5, 5.41) is 21.5. The first-order valence-corrected chi connectivity index (χ1v) is 7.28. The third kappa shape index (κ3) is 4.16. The molecule has 1 rings (SSSR count). The number of amides is 1. The molecule has 0 atom stereocenters. The highest BCUT2D eigenvalue weighted by molar-refractivity contribution is 5.77. The van der Waals surface area contributed by atoms with Crippen LogP contribution >= 0.6 is 0 Å². The minimum absolute atomic E-state index is 0.0905. The second-order valence-corrected chi connectivity index (χ2v) is 5.94. The summed E-state index contributed by atoms with van der Waals surface area (Å²) in [6, 6.07) is 0. The van der Waals surface area contributed by atoms with E-state index < -0.39 is 5.54 Å². The molecule has 0 aromatic heterocycles. The zero-order chi connectivity index (χ0) is 14.4. The quantitative estimate of drug-likeness (QED) is 0.544. The molecule has 0 aromatic rings. The number of hydrogen-bond donors (Lipinski definition) is 4. The second-order valence-electron chi connectivity index (χ2n) is 5.94. The van der Waals surface area contributed by atoms with E-state index in [9.17, 15) is 15.0 Å². The minimum atomic E-state index is -0.901. The average Bonchev–Trinajstić information content (AvgIpc) is 2.46. The van der Waals surface area contributed by atoms with Gasteiger partial charge in [-0.1, -0.05) is 26.2 Å². The molecule has 5 N–H and O–H groups in total. The molecular weight excluding hydrogens is 244 g/mol. The third-order valence-electron chi connectivity index (χ3n) is 4.57. The number of nitrogens with two attached hydrogens (primary N) is 1. The number of carbonyl (C=O) groups is 1. The van der Waals surface area contributed by atoms with Crippen molar-refractivity contribution >= 4 is 5.91 Å². The first-order chi connectivity index (χ1) is 9.05. The standard InChI is InChI=1S/C14H28N2O3/c1-2-14(10-17,11-18)16-12(19)8-13(9-15)6-4-3-5-7-13/h17-18H,2-11,15H2,1H3,(H,16,19). The van der Waals surface area contributed by atoms with Gasteiger partial charge in [-0.2, -0.15) is 0 Å². The Bertz CT molecular complexity index is 276. The van der Waals surface area contributed by atoms with Gasteiger partial charge < -0.3 is 21.3 Å². The Morgan fingerprint density at radius 3 is 2.26 bits per heavy atom. The van der Waals surface area contributed by atoms with Crippen molar-refractivity contribution in [2.75, 3.05) is 19.8 Å². The highest BCUT2D eigenvalue weighted by Crippen LogP contribution is 2.38. The summed E-state index contributed by atoms with van der Waals surface area (Å²) in [4.78, 5) is 12.2. The van der Waals surface area contributed by atoms with Crippen LogP contribution in [0.2, 0.25) is 0 Å². The first kappa shape index (κ1) is 16.4. The predicted molar refractivity (Wildman–Crippen MR) is 74.5 cm³/mol. The van der Waals surface area contributed by atoms with Crippen LogP contribution < -0.4 is 11.1 Å². The van der Waals surface area contributed by atoms with Gasteiger partial charge >= 0.3 is 0 Å². The van der Waals surface area contributed by atoms with Gasteiger partial charge in [0.15, 0.2) is 0 Å². The van der Waals surface area contributed by atoms with Crippen LogP contribution in [0.3, 0.4) is 0 Å². The third-order valence-corrected chi connectivity index (χ3v) is 4.57. The lowest BCUT2D eigenvalue weighted by atomic mass is 9.71. The fourth-order valence-electron chi connectivity index (χ4n) is 2.88. The molecule has 112 valence electrons. The van der Waals surface area contributed by atoms with E-state index in [1.165, 1.54) is 6.42 Å². The maximum atomic E-state index is 12.2. The first-order valence-electron chi connectivity index (χ1n) is 7.28. The Hall–Kier alpha value is -0.650. The van der Waals surface area contributed by atoms with Crippen LogP contribution in [0.25, 0.3) is 0 Å². The van der Waals surface area contributed by atoms with Crippen molar-refractivity contribution in [3.63, 3.8) is 0 Å². The van der Waals surface area contributed by atoms with Gasteiger partial charge in [0.25, 0.3) is 0 Å². The maximum Gasteiger partial charge on any atom is 0.221 e. The number of nitrogens with one attached hydrogen (secondary N) is 1. The molecule has 1 amide bonds. The summed E-state index contributed by atoms with van der Waals surface area (Å²) in [5.74, 6) is -0.114. The molecule has 19 heavy (non-hydrogen) atoms. The molecular formula is C14H28N2O3. The predicted octanol–water partition coefficient (Wildman–Crippen LogP) is 0.535. The summed E-state index contributed by atoms with van der Waals surface area (Å²) in [6.07, 6.45) is 6.36. The van der Waals surface area contributed by atoms with Crippen LogP contribution in [0.5, 0.6) is 0 Å². The van der Waals surface area contributed by atoms with Crippen molar-refractivity contribution in [1.29, 1.82) is 0 Å². The van der Waals surface area contributed by atoms with Gasteiger partial charge in [-0.05, 0) is 31.2 Å². The Morgan fingerprint density at radius 1 is 1.26 bits per heavy atom. The van der Waals surface area contributed by atoms with Crippen LogP contribution in [0, 0.1) is 5.41 Å². The smallest absolute Gasteiger partial charge is 0.221 e. The fourth-order valence-corrected chi connectivity index (χ4v) is 2.88. The van der Waals surface area contributed by atoms with Gasteiger partial charge in [-0.15, -0.1) is 0 Å². The molecule has 0 aliphatic heterocycles. The zero-order valence-electron chi connectivity index (χ0n) is 12.0. The molecule has 0 saturated heterocycles. The van der Waals surface area contributed by atoms with E-state index in [2.05, 4.69) is 5.32 Å². The van der Waals surface area contributed by atoms with Gasteiger partial charge in [0, 0.05) is 6.42 Å². The van der Waals surface area contributed by atoms with Crippen LogP contribution in [0.4, 0.5) is 0 Å². The Labute approximate surface area is 115 Å². The van der Waals surface area contributed by atoms with E-state index in [0.717, 1.165) is 25.7 Å². The highest BCUT2D eigenvalue weighted by atomic mass is 16.3. The van der Waals surface area contributed by atoms with Crippen molar-refractivity contribution in [3.8, 4) is 0 Å². The monoisotopic (exact) mass is 272 g/mol. The summed E-state index contributed by atoms with van der Waals surface area (Å²) in [5.41, 5.74) is 4.88. The summed E-state index contributed by atoms with van der Waals surface area (Å²) < 4.78 is 0. The summed E-state index contributed by atoms with van der Waals surface area (Å²) >= 11 is 0. The number of aliphatic hydroxyl groups is 2. The Kier molecular flexibility index (Phi) is 6.23. The zero-order valence-corrected chi connectivity index (χ0v) is 12.0. The Balaban J connectivity index is 2.62. The lowest BCUT2D eigenvalue weighted by molar-refractivity contribution is -0.127. The van der Waals surface area contributed by atoms with Crippen molar-refractivity contribution in [2.45, 2.75) is 57.4 Å². The SMILES string of the molecule is CCC(CO)(CO)NC(=O)CC1(CN)CCCCC1. The van der Waals surface area contributed by atoms with E-state index in [1.807, 2.05) is 6.92 Å². The summed E-state index contributed by atoms with van der Waals surface area (Å²) in [6.45, 7) is 1.87. The van der Waals surface area contributed by atoms with E-state index >= 15 is 0 Å². The fraction of sp³-hybridized carbons (Fsp3) is 0.929. The summed E-state index contributed by atoms with van der Waals surface area (Å²) in [7, 11) is 0. The Morgan fingerprint density at radius 2 is 1.84 bits per heavy atom. The van der Waals surface area contributed by atoms with Gasteiger partial charge in [-0.25, -0.2) is 0 Å². The lowest BCUT2D eigenvalue weighted by Gasteiger charge is -2.37. The molecule has 0 radical (unpaired) electrons. The van der Waals surface area contributed by atoms with Crippen molar-refractivity contribution < 1.29 is 15.0 Å². The van der Waals surface area contributed by atoms with E-state index in [1.54, 1.807) is 0 Å². The molecule has 1 aliphatic carbocycles. The number of hydrogen-bond acceptors (Lipinski definition) is 4. The molecule has 1 fully saturated rings. The number of carbonyl (C=O) groups excluding carboxylic acids is 1. The molecule has 1 saturated carbocycles. The lowest BCUT2D eigenvalue weighted by Crippen LogP contribution is -2.55. The minimum Gasteiger partial charge on any atom is -0.394 e. The van der Waals surface area contributed by atoms with E-state index in [4.69, 9.17) is 5.73 Å². The van der Waals surface area contributed by atoms with Gasteiger partial charge in [-0.3, -0.25) is 4.79 Å². The number of aliphatic hydroxyl groups excluding tert-OH is 2. The van der Waals surface area contributed by atoms with Crippen LogP contribution in [0.15, 0.2) is 0 Å². The highest BCUT2D eigenvalue weighted by Gasteiger charge is 2.35. The topological polar surface area (TPSA) is 95.6 Å². The molecule has 0 spiro atoms. The molecule has 0 bridgehead atoms. The van der Waals surface area contributed by atoms with Crippen molar-refractivity contribution in [3.05, 3.63) is 0 Å². The number of rotatable bonds is 7. The van der Waals surface area contributed by atoms with Crippen LogP contribution in [-0.4, -0.2) is 41.4 Å². The van der Waals surface area contributed by atoms with Crippen LogP contribution in [-0.2, 0) is 4.79 Å². The normalized spacial score (nSPS) is 19.2. The molecule has 0 unspecified atom stereocenters. The molecule has 5 nitrogen and oxygen atoms in total. The van der Waals surface area contributed by atoms with Gasteiger partial charge in [0.05, 0.1) is 18.8 Å². The molecule has 0 aromatic carbocycles. The van der Waals surface area contributed by atoms with Gasteiger partial charge in [0.1, 0.15) is 0 Å². The molecule has 1 aliphatic rings. The molecule has 5 heteroatoms. The van der Waals surface area contributed by atoms with Crippen molar-refractivity contribution in [2.24, 2.45) is 11.1 Å². The van der Waals surface area contributed by atoms with Gasteiger partial charge in [0.2, 0.25) is 5.91 Å². The van der Waals surface area contributed by atoms with Crippen molar-refractivity contribution in [1.82, 2.24) is 5.32 Å². The largest absolute Gasteiger partial charge is 0.394 e. The van der Waals surface area contributed by atoms with E-state index in [0.29, 0.717) is 19.4 Å². The maximum absolute atomic E-state index is 12.2. The second kappa shape index (κ2) is 7.22.